The summed E-state index contributed by atoms with van der Waals surface area (Å²) in [4.78, 5) is 16.6. The number of fused-ring (bicyclic) bond motifs is 1. The highest BCUT2D eigenvalue weighted by molar-refractivity contribution is 6.06. The molecule has 1 N–H and O–H groups in total. The van der Waals surface area contributed by atoms with Gasteiger partial charge in [0, 0.05) is 17.1 Å². The van der Waals surface area contributed by atoms with Crippen molar-refractivity contribution < 1.29 is 13.8 Å². The molecule has 0 atom stereocenters. The van der Waals surface area contributed by atoms with Gasteiger partial charge < -0.3 is 5.32 Å². The van der Waals surface area contributed by atoms with E-state index >= 15 is 0 Å². The van der Waals surface area contributed by atoms with E-state index in [0.717, 1.165) is 0 Å². The Morgan fingerprint density at radius 3 is 2.82 bits per heavy atom. The van der Waals surface area contributed by atoms with Gasteiger partial charge in [-0.1, -0.05) is 10.3 Å². The van der Waals surface area contributed by atoms with Crippen molar-refractivity contribution in [3.63, 3.8) is 0 Å². The van der Waals surface area contributed by atoms with Gasteiger partial charge in [0.25, 0.3) is 5.91 Å². The molecule has 7 heteroatoms. The average molecular weight is 300 g/mol. The highest BCUT2D eigenvalue weighted by Gasteiger charge is 2.14. The molecule has 3 aromatic rings. The van der Waals surface area contributed by atoms with Crippen LogP contribution in [-0.2, 0) is 6.54 Å². The predicted octanol–water partition coefficient (Wildman–Crippen LogP) is 2.30. The molecule has 2 aromatic heterocycles. The van der Waals surface area contributed by atoms with Gasteiger partial charge in [0.1, 0.15) is 17.2 Å². The third-order valence-electron chi connectivity index (χ3n) is 3.31. The van der Waals surface area contributed by atoms with E-state index in [9.17, 15) is 9.18 Å². The van der Waals surface area contributed by atoms with Gasteiger partial charge in [-0.25, -0.2) is 9.02 Å². The predicted molar refractivity (Wildman–Crippen MR) is 76.6 cm³/mol. The highest BCUT2D eigenvalue weighted by atomic mass is 19.1. The number of carbonyl (C=O) groups is 1. The number of carbonyl (C=O) groups excluding carboxylic acids is 1. The van der Waals surface area contributed by atoms with E-state index in [4.69, 9.17) is 0 Å². The van der Waals surface area contributed by atoms with Crippen molar-refractivity contribution in [1.82, 2.24) is 20.6 Å². The number of pyridine rings is 1. The van der Waals surface area contributed by atoms with Crippen LogP contribution < -0.4 is 5.32 Å². The number of amides is 1. The van der Waals surface area contributed by atoms with Gasteiger partial charge in [-0.05, 0) is 32.0 Å². The van der Waals surface area contributed by atoms with Gasteiger partial charge >= 0.3 is 0 Å². The lowest BCUT2D eigenvalue weighted by atomic mass is 10.1. The van der Waals surface area contributed by atoms with Crippen molar-refractivity contribution in [3.8, 4) is 0 Å². The largest absolute Gasteiger partial charge is 0.346 e. The van der Waals surface area contributed by atoms with Crippen LogP contribution in [-0.4, -0.2) is 21.2 Å². The van der Waals surface area contributed by atoms with Crippen LogP contribution in [0, 0.1) is 19.7 Å². The molecule has 3 rings (SSSR count). The van der Waals surface area contributed by atoms with Gasteiger partial charge in [-0.2, -0.15) is 0 Å². The fourth-order valence-electron chi connectivity index (χ4n) is 2.19. The van der Waals surface area contributed by atoms with Crippen LogP contribution in [0.5, 0.6) is 0 Å². The van der Waals surface area contributed by atoms with E-state index < -0.39 is 0 Å². The minimum atomic E-state index is -0.388. The fraction of sp³-hybridized carbons (Fsp3) is 0.200. The first-order valence-corrected chi connectivity index (χ1v) is 6.68. The van der Waals surface area contributed by atoms with E-state index in [-0.39, 0.29) is 18.3 Å². The summed E-state index contributed by atoms with van der Waals surface area (Å²) < 4.78 is 17.9. The van der Waals surface area contributed by atoms with Crippen molar-refractivity contribution in [1.29, 1.82) is 0 Å². The maximum Gasteiger partial charge on any atom is 0.252 e. The smallest absolute Gasteiger partial charge is 0.252 e. The number of rotatable bonds is 3. The number of nitrogens with one attached hydrogen (secondary N) is 1. The summed E-state index contributed by atoms with van der Waals surface area (Å²) >= 11 is 0. The molecule has 0 aliphatic heterocycles. The molecule has 22 heavy (non-hydrogen) atoms. The van der Waals surface area contributed by atoms with E-state index in [1.54, 1.807) is 26.0 Å². The lowest BCUT2D eigenvalue weighted by Crippen LogP contribution is -2.24. The zero-order valence-electron chi connectivity index (χ0n) is 12.1. The number of benzene rings is 1. The molecular formula is C15H13FN4O2. The van der Waals surface area contributed by atoms with Gasteiger partial charge in [0.2, 0.25) is 0 Å². The maximum atomic E-state index is 13.3. The van der Waals surface area contributed by atoms with Crippen LogP contribution in [0.3, 0.4) is 0 Å². The summed E-state index contributed by atoms with van der Waals surface area (Å²) in [7, 11) is 0. The van der Waals surface area contributed by atoms with Crippen molar-refractivity contribution in [2.75, 3.05) is 0 Å². The molecular weight excluding hydrogens is 287 g/mol. The van der Waals surface area contributed by atoms with Crippen LogP contribution in [0.25, 0.3) is 10.9 Å². The SMILES string of the molecule is Cc1cc(C(=O)NCc2nonc2C)c2ccc(F)cc2n1. The maximum absolute atomic E-state index is 13.3. The third kappa shape index (κ3) is 2.65. The summed E-state index contributed by atoms with van der Waals surface area (Å²) in [6, 6.07) is 5.84. The summed E-state index contributed by atoms with van der Waals surface area (Å²) in [6.07, 6.45) is 0. The standard InChI is InChI=1S/C15H13FN4O2/c1-8-5-12(11-4-3-10(16)6-13(11)18-8)15(21)17-7-14-9(2)19-22-20-14/h3-6H,7H2,1-2H3,(H,17,21). The molecule has 1 aromatic carbocycles. The van der Waals surface area contributed by atoms with Gasteiger partial charge in [-0.3, -0.25) is 9.78 Å². The first kappa shape index (κ1) is 14.1. The Labute approximate surface area is 125 Å². The molecule has 0 bridgehead atoms. The second kappa shape index (κ2) is 5.51. The zero-order valence-corrected chi connectivity index (χ0v) is 12.1. The van der Waals surface area contributed by atoms with Gasteiger partial charge in [0.15, 0.2) is 0 Å². The normalized spacial score (nSPS) is 10.9. The topological polar surface area (TPSA) is 80.9 Å². The average Bonchev–Trinajstić information content (AvgIpc) is 2.88. The third-order valence-corrected chi connectivity index (χ3v) is 3.31. The van der Waals surface area contributed by atoms with Crippen molar-refractivity contribution in [2.24, 2.45) is 0 Å². The van der Waals surface area contributed by atoms with Gasteiger partial charge in [-0.15, -0.1) is 0 Å². The Hall–Kier alpha value is -2.83. The number of aromatic nitrogens is 3. The van der Waals surface area contributed by atoms with E-state index in [1.165, 1.54) is 12.1 Å². The Morgan fingerprint density at radius 1 is 1.27 bits per heavy atom. The molecule has 0 unspecified atom stereocenters. The van der Waals surface area contributed by atoms with Crippen LogP contribution in [0.4, 0.5) is 4.39 Å². The van der Waals surface area contributed by atoms with E-state index in [2.05, 4.69) is 25.2 Å². The van der Waals surface area contributed by atoms with Crippen LogP contribution in [0.15, 0.2) is 28.9 Å². The molecule has 6 nitrogen and oxygen atoms in total. The lowest BCUT2D eigenvalue weighted by molar-refractivity contribution is 0.0951. The molecule has 112 valence electrons. The van der Waals surface area contributed by atoms with Crippen LogP contribution in [0.2, 0.25) is 0 Å². The van der Waals surface area contributed by atoms with E-state index in [1.807, 2.05) is 0 Å². The number of hydrogen-bond acceptors (Lipinski definition) is 5. The molecule has 0 aliphatic carbocycles. The monoisotopic (exact) mass is 300 g/mol. The minimum Gasteiger partial charge on any atom is -0.346 e. The molecule has 0 spiro atoms. The fourth-order valence-corrected chi connectivity index (χ4v) is 2.19. The number of hydrogen-bond donors (Lipinski definition) is 1. The quantitative estimate of drug-likeness (QED) is 0.802. The first-order valence-electron chi connectivity index (χ1n) is 6.68. The van der Waals surface area contributed by atoms with Crippen LogP contribution in [0.1, 0.15) is 27.4 Å². The second-order valence-corrected chi connectivity index (χ2v) is 4.95. The Bertz CT molecular complexity index is 855. The Kier molecular flexibility index (Phi) is 3.54. The summed E-state index contributed by atoms with van der Waals surface area (Å²) in [5, 5.41) is 10.7. The molecule has 0 saturated carbocycles. The Balaban J connectivity index is 1.92. The second-order valence-electron chi connectivity index (χ2n) is 4.95. The molecule has 1 amide bonds. The summed E-state index contributed by atoms with van der Waals surface area (Å²) in [5.74, 6) is -0.675. The first-order chi connectivity index (χ1) is 10.5. The minimum absolute atomic E-state index is 0.207. The lowest BCUT2D eigenvalue weighted by Gasteiger charge is -2.08. The Morgan fingerprint density at radius 2 is 2.09 bits per heavy atom. The van der Waals surface area contributed by atoms with Crippen molar-refractivity contribution in [3.05, 3.63) is 52.7 Å². The molecule has 2 heterocycles. The van der Waals surface area contributed by atoms with Crippen LogP contribution >= 0.6 is 0 Å². The van der Waals surface area contributed by atoms with E-state index in [0.29, 0.717) is 33.5 Å². The summed E-state index contributed by atoms with van der Waals surface area (Å²) in [6.45, 7) is 3.71. The number of halogens is 1. The highest BCUT2D eigenvalue weighted by Crippen LogP contribution is 2.19. The molecule has 0 fully saturated rings. The zero-order chi connectivity index (χ0) is 15.7. The number of nitrogens with zero attached hydrogens (tertiary/aromatic N) is 3. The van der Waals surface area contributed by atoms with Gasteiger partial charge in [0.05, 0.1) is 17.6 Å². The van der Waals surface area contributed by atoms with Crippen molar-refractivity contribution in [2.45, 2.75) is 20.4 Å². The summed E-state index contributed by atoms with van der Waals surface area (Å²) in [5.41, 5.74) is 2.72. The molecule has 0 radical (unpaired) electrons. The molecule has 0 saturated heterocycles. The van der Waals surface area contributed by atoms with Crippen molar-refractivity contribution >= 4 is 16.8 Å². The number of aryl methyl sites for hydroxylation is 2. The molecule has 0 aliphatic rings.